The highest BCUT2D eigenvalue weighted by Crippen LogP contribution is 2.07. The molecule has 1 atom stereocenters. The molecule has 1 rings (SSSR count). The molecule has 102 valence electrons. The number of aliphatic hydroxyl groups is 1. The first kappa shape index (κ1) is 15.0. The van der Waals surface area contributed by atoms with Crippen LogP contribution in [0.25, 0.3) is 0 Å². The predicted molar refractivity (Wildman–Crippen MR) is 71.9 cm³/mol. The van der Waals surface area contributed by atoms with Crippen molar-refractivity contribution in [2.24, 2.45) is 0 Å². The maximum atomic E-state index is 9.50. The average Bonchev–Trinajstić information content (AvgIpc) is 2.41. The van der Waals surface area contributed by atoms with Gasteiger partial charge in [-0.2, -0.15) is 0 Å². The van der Waals surface area contributed by atoms with E-state index < -0.39 is 6.10 Å². The van der Waals surface area contributed by atoms with Crippen LogP contribution in [0.2, 0.25) is 0 Å². The molecule has 0 saturated carbocycles. The lowest BCUT2D eigenvalue weighted by Gasteiger charge is -2.11. The standard InChI is InChI=1S/C14H23NO3/c1-2-17-12-13(16)11-15-9-6-10-18-14-7-4-3-5-8-14/h3-5,7-8,13,15-16H,2,6,9-12H2,1H3. The first-order chi connectivity index (χ1) is 8.83. The van der Waals surface area contributed by atoms with E-state index in [0.29, 0.717) is 26.4 Å². The van der Waals surface area contributed by atoms with Crippen molar-refractivity contribution in [1.29, 1.82) is 0 Å². The topological polar surface area (TPSA) is 50.7 Å². The Morgan fingerprint density at radius 3 is 2.78 bits per heavy atom. The lowest BCUT2D eigenvalue weighted by molar-refractivity contribution is 0.0428. The van der Waals surface area contributed by atoms with E-state index in [1.165, 1.54) is 0 Å². The Kier molecular flexibility index (Phi) is 8.21. The molecular formula is C14H23NO3. The van der Waals surface area contributed by atoms with Gasteiger partial charge >= 0.3 is 0 Å². The van der Waals surface area contributed by atoms with E-state index in [4.69, 9.17) is 9.47 Å². The zero-order valence-electron chi connectivity index (χ0n) is 11.0. The quantitative estimate of drug-likeness (QED) is 0.620. The molecular weight excluding hydrogens is 230 g/mol. The summed E-state index contributed by atoms with van der Waals surface area (Å²) in [5.41, 5.74) is 0. The lowest BCUT2D eigenvalue weighted by Crippen LogP contribution is -2.31. The Morgan fingerprint density at radius 2 is 2.06 bits per heavy atom. The molecule has 0 aliphatic rings. The minimum atomic E-state index is -0.431. The second kappa shape index (κ2) is 9.88. The van der Waals surface area contributed by atoms with E-state index >= 15 is 0 Å². The van der Waals surface area contributed by atoms with E-state index in [1.807, 2.05) is 37.3 Å². The van der Waals surface area contributed by atoms with Crippen molar-refractivity contribution in [3.8, 4) is 5.75 Å². The summed E-state index contributed by atoms with van der Waals surface area (Å²) < 4.78 is 10.7. The Hall–Kier alpha value is -1.10. The Balaban J connectivity index is 1.93. The summed E-state index contributed by atoms with van der Waals surface area (Å²) in [4.78, 5) is 0. The van der Waals surface area contributed by atoms with Gasteiger partial charge in [-0.1, -0.05) is 18.2 Å². The summed E-state index contributed by atoms with van der Waals surface area (Å²) in [5.74, 6) is 0.897. The number of benzene rings is 1. The molecule has 0 spiro atoms. The van der Waals surface area contributed by atoms with Crippen LogP contribution in [-0.4, -0.2) is 44.1 Å². The number of aliphatic hydroxyl groups excluding tert-OH is 1. The van der Waals surface area contributed by atoms with Gasteiger partial charge in [0.2, 0.25) is 0 Å². The van der Waals surface area contributed by atoms with Gasteiger partial charge < -0.3 is 19.9 Å². The van der Waals surface area contributed by atoms with Crippen LogP contribution in [0.3, 0.4) is 0 Å². The molecule has 1 aromatic carbocycles. The molecule has 0 fully saturated rings. The van der Waals surface area contributed by atoms with Gasteiger partial charge in [0.15, 0.2) is 0 Å². The van der Waals surface area contributed by atoms with Crippen LogP contribution in [0, 0.1) is 0 Å². The second-order valence-electron chi connectivity index (χ2n) is 4.03. The van der Waals surface area contributed by atoms with Gasteiger partial charge in [-0.15, -0.1) is 0 Å². The van der Waals surface area contributed by atoms with Crippen LogP contribution in [-0.2, 0) is 4.74 Å². The van der Waals surface area contributed by atoms with E-state index in [9.17, 15) is 5.11 Å². The summed E-state index contributed by atoms with van der Waals surface area (Å²) >= 11 is 0. The zero-order valence-corrected chi connectivity index (χ0v) is 11.0. The third kappa shape index (κ3) is 7.27. The highest BCUT2D eigenvalue weighted by atomic mass is 16.5. The maximum Gasteiger partial charge on any atom is 0.119 e. The number of rotatable bonds is 10. The highest BCUT2D eigenvalue weighted by molar-refractivity contribution is 5.20. The predicted octanol–water partition coefficient (Wildman–Crippen LogP) is 1.44. The molecule has 2 N–H and O–H groups in total. The van der Waals surface area contributed by atoms with Crippen LogP contribution in [0.15, 0.2) is 30.3 Å². The fraction of sp³-hybridized carbons (Fsp3) is 0.571. The number of nitrogens with one attached hydrogen (secondary N) is 1. The van der Waals surface area contributed by atoms with Gasteiger partial charge in [-0.25, -0.2) is 0 Å². The van der Waals surface area contributed by atoms with E-state index in [1.54, 1.807) is 0 Å². The van der Waals surface area contributed by atoms with Gasteiger partial charge in [-0.05, 0) is 32.0 Å². The van der Waals surface area contributed by atoms with E-state index in [-0.39, 0.29) is 0 Å². The molecule has 0 heterocycles. The Morgan fingerprint density at radius 1 is 1.28 bits per heavy atom. The van der Waals surface area contributed by atoms with Crippen molar-refractivity contribution in [3.05, 3.63) is 30.3 Å². The molecule has 4 nitrogen and oxygen atoms in total. The van der Waals surface area contributed by atoms with Crippen LogP contribution in [0.1, 0.15) is 13.3 Å². The molecule has 0 amide bonds. The molecule has 0 saturated heterocycles. The number of para-hydroxylation sites is 1. The summed E-state index contributed by atoms with van der Waals surface area (Å²) in [7, 11) is 0. The van der Waals surface area contributed by atoms with Crippen LogP contribution in [0.4, 0.5) is 0 Å². The summed E-state index contributed by atoms with van der Waals surface area (Å²) in [6.07, 6.45) is 0.482. The lowest BCUT2D eigenvalue weighted by atomic mass is 10.3. The molecule has 4 heteroatoms. The highest BCUT2D eigenvalue weighted by Gasteiger charge is 2.02. The normalized spacial score (nSPS) is 12.3. The van der Waals surface area contributed by atoms with Crippen molar-refractivity contribution in [2.75, 3.05) is 32.9 Å². The molecule has 0 radical (unpaired) electrons. The number of hydrogen-bond donors (Lipinski definition) is 2. The van der Waals surface area contributed by atoms with Crippen molar-refractivity contribution >= 4 is 0 Å². The van der Waals surface area contributed by atoms with Crippen molar-refractivity contribution < 1.29 is 14.6 Å². The summed E-state index contributed by atoms with van der Waals surface area (Å²) in [6, 6.07) is 9.77. The fourth-order valence-corrected chi connectivity index (χ4v) is 1.49. The molecule has 1 aromatic rings. The number of ether oxygens (including phenoxy) is 2. The maximum absolute atomic E-state index is 9.50. The Bertz CT molecular complexity index is 292. The molecule has 1 unspecified atom stereocenters. The number of hydrogen-bond acceptors (Lipinski definition) is 4. The molecule has 0 aliphatic carbocycles. The van der Waals surface area contributed by atoms with Crippen molar-refractivity contribution in [1.82, 2.24) is 5.32 Å². The van der Waals surface area contributed by atoms with Gasteiger partial charge in [0.05, 0.1) is 19.3 Å². The molecule has 0 aromatic heterocycles. The van der Waals surface area contributed by atoms with E-state index in [2.05, 4.69) is 5.32 Å². The largest absolute Gasteiger partial charge is 0.494 e. The molecule has 0 bridgehead atoms. The van der Waals surface area contributed by atoms with Gasteiger partial charge in [0.1, 0.15) is 5.75 Å². The van der Waals surface area contributed by atoms with Gasteiger partial charge in [-0.3, -0.25) is 0 Å². The van der Waals surface area contributed by atoms with Gasteiger partial charge in [0.25, 0.3) is 0 Å². The van der Waals surface area contributed by atoms with E-state index in [0.717, 1.165) is 18.7 Å². The Labute approximate surface area is 109 Å². The summed E-state index contributed by atoms with van der Waals surface area (Å²) in [5, 5.41) is 12.7. The monoisotopic (exact) mass is 253 g/mol. The summed E-state index contributed by atoms with van der Waals surface area (Å²) in [6.45, 7) is 5.02. The van der Waals surface area contributed by atoms with Crippen LogP contribution < -0.4 is 10.1 Å². The minimum Gasteiger partial charge on any atom is -0.494 e. The third-order valence-electron chi connectivity index (χ3n) is 2.40. The smallest absolute Gasteiger partial charge is 0.119 e. The fourth-order valence-electron chi connectivity index (χ4n) is 1.49. The molecule has 18 heavy (non-hydrogen) atoms. The van der Waals surface area contributed by atoms with Gasteiger partial charge in [0, 0.05) is 13.2 Å². The van der Waals surface area contributed by atoms with Crippen molar-refractivity contribution in [2.45, 2.75) is 19.4 Å². The average molecular weight is 253 g/mol. The van der Waals surface area contributed by atoms with Crippen LogP contribution in [0.5, 0.6) is 5.75 Å². The third-order valence-corrected chi connectivity index (χ3v) is 2.40. The van der Waals surface area contributed by atoms with Crippen molar-refractivity contribution in [3.63, 3.8) is 0 Å². The van der Waals surface area contributed by atoms with Crippen LogP contribution >= 0.6 is 0 Å². The second-order valence-corrected chi connectivity index (χ2v) is 4.03. The SMILES string of the molecule is CCOCC(O)CNCCCOc1ccccc1. The molecule has 0 aliphatic heterocycles. The zero-order chi connectivity index (χ0) is 13.1. The first-order valence-corrected chi connectivity index (χ1v) is 6.47. The minimum absolute atomic E-state index is 0.393. The first-order valence-electron chi connectivity index (χ1n) is 6.47.